The van der Waals surface area contributed by atoms with Crippen molar-refractivity contribution in [2.45, 2.75) is 44.8 Å². The number of amides is 1. The van der Waals surface area contributed by atoms with Crippen molar-refractivity contribution in [3.8, 4) is 16.9 Å². The van der Waals surface area contributed by atoms with Crippen LogP contribution in [-0.4, -0.2) is 36.1 Å². The average molecular weight is 446 g/mol. The zero-order valence-electron chi connectivity index (χ0n) is 19.4. The van der Waals surface area contributed by atoms with Gasteiger partial charge in [-0.3, -0.25) is 0 Å². The molecule has 2 N–H and O–H groups in total. The van der Waals surface area contributed by atoms with Crippen LogP contribution in [0.2, 0.25) is 0 Å². The summed E-state index contributed by atoms with van der Waals surface area (Å²) in [4.78, 5) is 12.5. The summed E-state index contributed by atoms with van der Waals surface area (Å²) in [5, 5.41) is 12.6. The summed E-state index contributed by atoms with van der Waals surface area (Å²) < 4.78 is 11.4. The van der Waals surface area contributed by atoms with Crippen LogP contribution in [-0.2, 0) is 11.2 Å². The summed E-state index contributed by atoms with van der Waals surface area (Å²) in [6, 6.07) is 23.7. The maximum atomic E-state index is 12.5. The van der Waals surface area contributed by atoms with Gasteiger partial charge in [-0.25, -0.2) is 4.79 Å². The predicted molar refractivity (Wildman–Crippen MR) is 130 cm³/mol. The smallest absolute Gasteiger partial charge is 0.407 e. The Hall–Kier alpha value is -3.31. The fourth-order valence-electron chi connectivity index (χ4n) is 4.30. The highest BCUT2D eigenvalue weighted by Gasteiger charge is 2.29. The first-order valence-corrected chi connectivity index (χ1v) is 11.3. The number of benzene rings is 3. The van der Waals surface area contributed by atoms with Crippen molar-refractivity contribution in [3.63, 3.8) is 0 Å². The SMILES string of the molecule is CC(C)(C)Oc1ccc(CC(CO)NC(=O)OCC2c3ccccc3-c3ccccc32)cc1. The van der Waals surface area contributed by atoms with Gasteiger partial charge < -0.3 is 19.9 Å². The molecule has 1 aliphatic carbocycles. The first kappa shape index (κ1) is 22.9. The second-order valence-corrected chi connectivity index (χ2v) is 9.41. The molecule has 0 saturated heterocycles. The topological polar surface area (TPSA) is 67.8 Å². The minimum absolute atomic E-state index is 0.00564. The van der Waals surface area contributed by atoms with Gasteiger partial charge in [0, 0.05) is 5.92 Å². The minimum Gasteiger partial charge on any atom is -0.488 e. The van der Waals surface area contributed by atoms with E-state index in [1.807, 2.05) is 69.3 Å². The van der Waals surface area contributed by atoms with Crippen LogP contribution in [0.5, 0.6) is 5.75 Å². The Labute approximate surface area is 195 Å². The summed E-state index contributed by atoms with van der Waals surface area (Å²) in [6.07, 6.45) is -0.0279. The number of fused-ring (bicyclic) bond motifs is 3. The van der Waals surface area contributed by atoms with Crippen molar-refractivity contribution in [2.75, 3.05) is 13.2 Å². The van der Waals surface area contributed by atoms with Crippen LogP contribution in [0, 0.1) is 0 Å². The van der Waals surface area contributed by atoms with Gasteiger partial charge >= 0.3 is 6.09 Å². The Morgan fingerprint density at radius 2 is 1.52 bits per heavy atom. The second-order valence-electron chi connectivity index (χ2n) is 9.41. The average Bonchev–Trinajstić information content (AvgIpc) is 3.11. The van der Waals surface area contributed by atoms with Crippen molar-refractivity contribution < 1.29 is 19.4 Å². The van der Waals surface area contributed by atoms with Gasteiger partial charge in [-0.1, -0.05) is 60.7 Å². The largest absolute Gasteiger partial charge is 0.488 e. The third-order valence-electron chi connectivity index (χ3n) is 5.72. The molecule has 0 fully saturated rings. The molecule has 3 aromatic rings. The Morgan fingerprint density at radius 3 is 2.06 bits per heavy atom. The maximum absolute atomic E-state index is 12.5. The molecular formula is C28H31NO4. The van der Waals surface area contributed by atoms with E-state index in [2.05, 4.69) is 29.6 Å². The molecule has 4 rings (SSSR count). The first-order valence-electron chi connectivity index (χ1n) is 11.3. The van der Waals surface area contributed by atoms with Gasteiger partial charge in [0.15, 0.2) is 0 Å². The Kier molecular flexibility index (Phi) is 6.70. The molecule has 1 aliphatic rings. The summed E-state index contributed by atoms with van der Waals surface area (Å²) >= 11 is 0. The van der Waals surface area contributed by atoms with Crippen LogP contribution >= 0.6 is 0 Å². The normalized spacial score (nSPS) is 13.7. The molecular weight excluding hydrogens is 414 g/mol. The van der Waals surface area contributed by atoms with Crippen molar-refractivity contribution in [1.29, 1.82) is 0 Å². The van der Waals surface area contributed by atoms with Crippen molar-refractivity contribution >= 4 is 6.09 Å². The van der Waals surface area contributed by atoms with Crippen molar-refractivity contribution in [2.24, 2.45) is 0 Å². The van der Waals surface area contributed by atoms with Crippen molar-refractivity contribution in [3.05, 3.63) is 89.5 Å². The number of aliphatic hydroxyl groups is 1. The third kappa shape index (κ3) is 5.55. The summed E-state index contributed by atoms with van der Waals surface area (Å²) in [5.41, 5.74) is 5.45. The van der Waals surface area contributed by atoms with E-state index in [4.69, 9.17) is 9.47 Å². The molecule has 0 spiro atoms. The van der Waals surface area contributed by atoms with Crippen molar-refractivity contribution in [1.82, 2.24) is 5.32 Å². The van der Waals surface area contributed by atoms with Gasteiger partial charge in [0.1, 0.15) is 18.0 Å². The summed E-state index contributed by atoms with van der Waals surface area (Å²) in [5.74, 6) is 0.794. The standard InChI is InChI=1S/C28H31NO4/c1-28(2,3)33-21-14-12-19(13-15-21)16-20(17-30)29-27(31)32-18-26-24-10-6-4-8-22(24)23-9-5-7-11-25(23)26/h4-15,20,26,30H,16-18H2,1-3H3,(H,29,31). The van der Waals surface area contributed by atoms with Gasteiger partial charge in [-0.2, -0.15) is 0 Å². The Bertz CT molecular complexity index is 1060. The van der Waals surface area contributed by atoms with E-state index in [-0.39, 0.29) is 24.7 Å². The molecule has 1 amide bonds. The summed E-state index contributed by atoms with van der Waals surface area (Å²) in [6.45, 7) is 6.07. The summed E-state index contributed by atoms with van der Waals surface area (Å²) in [7, 11) is 0. The number of alkyl carbamates (subject to hydrolysis) is 1. The molecule has 0 aromatic heterocycles. The van der Waals surface area contributed by atoms with Gasteiger partial charge in [-0.15, -0.1) is 0 Å². The molecule has 0 saturated carbocycles. The number of aliphatic hydroxyl groups excluding tert-OH is 1. The number of carbonyl (C=O) groups excluding carboxylic acids is 1. The molecule has 3 aromatic carbocycles. The van der Waals surface area contributed by atoms with Crippen LogP contribution in [0.25, 0.3) is 11.1 Å². The van der Waals surface area contributed by atoms with Gasteiger partial charge in [-0.05, 0) is 67.1 Å². The molecule has 172 valence electrons. The molecule has 0 radical (unpaired) electrons. The zero-order chi connectivity index (χ0) is 23.4. The van der Waals surface area contributed by atoms with Crippen LogP contribution in [0.4, 0.5) is 4.79 Å². The lowest BCUT2D eigenvalue weighted by Crippen LogP contribution is -2.39. The lowest BCUT2D eigenvalue weighted by Gasteiger charge is -2.22. The predicted octanol–water partition coefficient (Wildman–Crippen LogP) is 5.31. The van der Waals surface area contributed by atoms with E-state index >= 15 is 0 Å². The van der Waals surface area contributed by atoms with E-state index < -0.39 is 12.1 Å². The maximum Gasteiger partial charge on any atom is 0.407 e. The fourth-order valence-corrected chi connectivity index (χ4v) is 4.30. The lowest BCUT2D eigenvalue weighted by molar-refractivity contribution is 0.130. The number of hydrogen-bond donors (Lipinski definition) is 2. The molecule has 1 unspecified atom stereocenters. The van der Waals surface area contributed by atoms with Gasteiger partial charge in [0.05, 0.1) is 12.6 Å². The number of ether oxygens (including phenoxy) is 2. The van der Waals surface area contributed by atoms with Crippen LogP contribution < -0.4 is 10.1 Å². The molecule has 0 aliphatic heterocycles. The highest BCUT2D eigenvalue weighted by Crippen LogP contribution is 2.44. The fraction of sp³-hybridized carbons (Fsp3) is 0.321. The van der Waals surface area contributed by atoms with Crippen LogP contribution in [0.1, 0.15) is 43.4 Å². The van der Waals surface area contributed by atoms with Gasteiger partial charge in [0.2, 0.25) is 0 Å². The highest BCUT2D eigenvalue weighted by atomic mass is 16.5. The second kappa shape index (κ2) is 9.67. The van der Waals surface area contributed by atoms with Crippen LogP contribution in [0.3, 0.4) is 0 Å². The molecule has 5 nitrogen and oxygen atoms in total. The zero-order valence-corrected chi connectivity index (χ0v) is 19.4. The molecule has 0 heterocycles. The van der Waals surface area contributed by atoms with E-state index in [1.54, 1.807) is 0 Å². The number of hydrogen-bond acceptors (Lipinski definition) is 4. The molecule has 5 heteroatoms. The molecule has 33 heavy (non-hydrogen) atoms. The van der Waals surface area contributed by atoms with E-state index in [9.17, 15) is 9.90 Å². The molecule has 1 atom stereocenters. The lowest BCUT2D eigenvalue weighted by atomic mass is 9.98. The number of nitrogens with one attached hydrogen (secondary N) is 1. The first-order chi connectivity index (χ1) is 15.8. The van der Waals surface area contributed by atoms with E-state index in [1.165, 1.54) is 22.3 Å². The number of rotatable bonds is 7. The van der Waals surface area contributed by atoms with Gasteiger partial charge in [0.25, 0.3) is 0 Å². The van der Waals surface area contributed by atoms with E-state index in [0.717, 1.165) is 11.3 Å². The Morgan fingerprint density at radius 1 is 0.939 bits per heavy atom. The monoisotopic (exact) mass is 445 g/mol. The highest BCUT2D eigenvalue weighted by molar-refractivity contribution is 5.79. The minimum atomic E-state index is -0.524. The Balaban J connectivity index is 1.35. The molecule has 0 bridgehead atoms. The quantitative estimate of drug-likeness (QED) is 0.517. The third-order valence-corrected chi connectivity index (χ3v) is 5.72. The number of carbonyl (C=O) groups is 1. The van der Waals surface area contributed by atoms with E-state index in [0.29, 0.717) is 6.42 Å². The van der Waals surface area contributed by atoms with Crippen LogP contribution in [0.15, 0.2) is 72.8 Å².